The van der Waals surface area contributed by atoms with E-state index in [-0.39, 0.29) is 11.6 Å². The van der Waals surface area contributed by atoms with Gasteiger partial charge in [0.05, 0.1) is 5.88 Å². The van der Waals surface area contributed by atoms with Crippen molar-refractivity contribution < 1.29 is 9.13 Å². The van der Waals surface area contributed by atoms with Gasteiger partial charge in [-0.3, -0.25) is 0 Å². The molecule has 0 radical (unpaired) electrons. The lowest BCUT2D eigenvalue weighted by Crippen LogP contribution is -1.99. The fourth-order valence-electron chi connectivity index (χ4n) is 0.710. The quantitative estimate of drug-likeness (QED) is 0.640. The van der Waals surface area contributed by atoms with Crippen molar-refractivity contribution in [2.75, 3.05) is 12.5 Å². The molecule has 0 aromatic heterocycles. The van der Waals surface area contributed by atoms with Crippen LogP contribution in [-0.2, 0) is 0 Å². The molecular formula is C8H8ClFO. The molecule has 1 rings (SSSR count). The third-order valence-corrected chi connectivity index (χ3v) is 1.33. The van der Waals surface area contributed by atoms with Gasteiger partial charge in [0.1, 0.15) is 6.61 Å². The average Bonchev–Trinajstić information content (AvgIpc) is 2.03. The highest BCUT2D eigenvalue weighted by molar-refractivity contribution is 6.17. The maximum atomic E-state index is 12.7. The molecule has 0 aliphatic rings. The van der Waals surface area contributed by atoms with E-state index in [4.69, 9.17) is 16.3 Å². The van der Waals surface area contributed by atoms with E-state index in [1.54, 1.807) is 18.2 Å². The van der Waals surface area contributed by atoms with Crippen molar-refractivity contribution >= 4 is 11.6 Å². The number of halogens is 2. The average molecular weight is 175 g/mol. The summed E-state index contributed by atoms with van der Waals surface area (Å²) in [5, 5.41) is 0. The highest BCUT2D eigenvalue weighted by Crippen LogP contribution is 2.14. The van der Waals surface area contributed by atoms with Gasteiger partial charge in [0, 0.05) is 0 Å². The van der Waals surface area contributed by atoms with Gasteiger partial charge < -0.3 is 4.74 Å². The van der Waals surface area contributed by atoms with Gasteiger partial charge in [0.25, 0.3) is 0 Å². The molecule has 1 nitrogen and oxygen atoms in total. The second-order valence-electron chi connectivity index (χ2n) is 1.97. The van der Waals surface area contributed by atoms with Gasteiger partial charge in [-0.15, -0.1) is 11.6 Å². The normalized spacial score (nSPS) is 9.64. The van der Waals surface area contributed by atoms with Crippen molar-refractivity contribution in [2.24, 2.45) is 0 Å². The molecule has 1 aromatic carbocycles. The van der Waals surface area contributed by atoms with Crippen molar-refractivity contribution in [3.63, 3.8) is 0 Å². The lowest BCUT2D eigenvalue weighted by molar-refractivity contribution is 0.324. The molecule has 0 bridgehead atoms. The topological polar surface area (TPSA) is 9.23 Å². The zero-order chi connectivity index (χ0) is 8.10. The van der Waals surface area contributed by atoms with E-state index >= 15 is 0 Å². The molecule has 0 amide bonds. The van der Waals surface area contributed by atoms with Crippen molar-refractivity contribution in [2.45, 2.75) is 0 Å². The van der Waals surface area contributed by atoms with Crippen LogP contribution < -0.4 is 4.74 Å². The summed E-state index contributed by atoms with van der Waals surface area (Å²) >= 11 is 5.36. The van der Waals surface area contributed by atoms with Crippen LogP contribution in [0.2, 0.25) is 0 Å². The van der Waals surface area contributed by atoms with Crippen LogP contribution in [0, 0.1) is 5.82 Å². The van der Waals surface area contributed by atoms with Crippen molar-refractivity contribution in [3.05, 3.63) is 30.1 Å². The van der Waals surface area contributed by atoms with Gasteiger partial charge in [-0.1, -0.05) is 12.1 Å². The first kappa shape index (κ1) is 8.34. The van der Waals surface area contributed by atoms with Gasteiger partial charge in [0.15, 0.2) is 11.6 Å². The van der Waals surface area contributed by atoms with Crippen molar-refractivity contribution in [1.82, 2.24) is 0 Å². The van der Waals surface area contributed by atoms with Crippen LogP contribution in [0.15, 0.2) is 24.3 Å². The summed E-state index contributed by atoms with van der Waals surface area (Å²) in [5.41, 5.74) is 0. The van der Waals surface area contributed by atoms with Gasteiger partial charge >= 0.3 is 0 Å². The SMILES string of the molecule is Fc1ccccc1OCCCl. The predicted molar refractivity (Wildman–Crippen MR) is 42.6 cm³/mol. The van der Waals surface area contributed by atoms with Crippen LogP contribution in [0.25, 0.3) is 0 Å². The summed E-state index contributed by atoms with van der Waals surface area (Å²) in [5.74, 6) is 0.277. The molecule has 60 valence electrons. The number of hydrogen-bond donors (Lipinski definition) is 0. The zero-order valence-corrected chi connectivity index (χ0v) is 6.64. The Balaban J connectivity index is 2.62. The molecule has 0 aliphatic carbocycles. The van der Waals surface area contributed by atoms with Crippen LogP contribution in [0.3, 0.4) is 0 Å². The Kier molecular flexibility index (Phi) is 3.17. The first-order chi connectivity index (χ1) is 5.34. The molecule has 0 saturated heterocycles. The molecule has 0 spiro atoms. The third kappa shape index (κ3) is 2.39. The van der Waals surface area contributed by atoms with E-state index in [9.17, 15) is 4.39 Å². The molecule has 0 aliphatic heterocycles. The molecule has 11 heavy (non-hydrogen) atoms. The van der Waals surface area contributed by atoms with Crippen LogP contribution in [-0.4, -0.2) is 12.5 Å². The van der Waals surface area contributed by atoms with Crippen LogP contribution in [0.4, 0.5) is 4.39 Å². The first-order valence-corrected chi connectivity index (χ1v) is 3.81. The summed E-state index contributed by atoms with van der Waals surface area (Å²) in [6.07, 6.45) is 0. The molecule has 1 aromatic rings. The summed E-state index contributed by atoms with van der Waals surface area (Å²) in [6.45, 7) is 0.336. The Hall–Kier alpha value is -0.760. The minimum Gasteiger partial charge on any atom is -0.489 e. The maximum absolute atomic E-state index is 12.7. The second kappa shape index (κ2) is 4.19. The largest absolute Gasteiger partial charge is 0.489 e. The van der Waals surface area contributed by atoms with Crippen LogP contribution in [0.5, 0.6) is 5.75 Å². The standard InChI is InChI=1S/C8H8ClFO/c9-5-6-11-8-4-2-1-3-7(8)10/h1-4H,5-6H2. The van der Waals surface area contributed by atoms with Gasteiger partial charge in [-0.25, -0.2) is 4.39 Å². The predicted octanol–water partition coefficient (Wildman–Crippen LogP) is 2.44. The van der Waals surface area contributed by atoms with Gasteiger partial charge in [-0.2, -0.15) is 0 Å². The van der Waals surface area contributed by atoms with E-state index in [2.05, 4.69) is 0 Å². The number of para-hydroxylation sites is 1. The first-order valence-electron chi connectivity index (χ1n) is 3.28. The number of ether oxygens (including phenoxy) is 1. The number of benzene rings is 1. The maximum Gasteiger partial charge on any atom is 0.165 e. The van der Waals surface area contributed by atoms with E-state index in [1.165, 1.54) is 6.07 Å². The highest BCUT2D eigenvalue weighted by Gasteiger charge is 1.98. The fourth-order valence-corrected chi connectivity index (χ4v) is 0.787. The van der Waals surface area contributed by atoms with Crippen LogP contribution >= 0.6 is 11.6 Å². The van der Waals surface area contributed by atoms with Crippen molar-refractivity contribution in [3.8, 4) is 5.75 Å². The summed E-state index contributed by atoms with van der Waals surface area (Å²) < 4.78 is 17.7. The Morgan fingerprint density at radius 2 is 2.09 bits per heavy atom. The zero-order valence-electron chi connectivity index (χ0n) is 5.89. The minimum absolute atomic E-state index is 0.258. The Bertz CT molecular complexity index is 227. The highest BCUT2D eigenvalue weighted by atomic mass is 35.5. The smallest absolute Gasteiger partial charge is 0.165 e. The number of alkyl halides is 1. The van der Waals surface area contributed by atoms with Gasteiger partial charge in [0.2, 0.25) is 0 Å². The van der Waals surface area contributed by atoms with E-state index in [0.29, 0.717) is 12.5 Å². The Morgan fingerprint density at radius 1 is 1.36 bits per heavy atom. The summed E-state index contributed by atoms with van der Waals surface area (Å²) in [6, 6.07) is 6.25. The van der Waals surface area contributed by atoms with Gasteiger partial charge in [-0.05, 0) is 12.1 Å². The third-order valence-electron chi connectivity index (χ3n) is 1.17. The molecule has 0 heterocycles. The Morgan fingerprint density at radius 3 is 2.73 bits per heavy atom. The fraction of sp³-hybridized carbons (Fsp3) is 0.250. The minimum atomic E-state index is -0.349. The Labute approximate surface area is 69.7 Å². The monoisotopic (exact) mass is 174 g/mol. The van der Waals surface area contributed by atoms with Crippen molar-refractivity contribution in [1.29, 1.82) is 0 Å². The molecule has 0 N–H and O–H groups in total. The second-order valence-corrected chi connectivity index (χ2v) is 2.35. The summed E-state index contributed by atoms with van der Waals surface area (Å²) in [4.78, 5) is 0. The van der Waals surface area contributed by atoms with E-state index in [0.717, 1.165) is 0 Å². The van der Waals surface area contributed by atoms with Crippen LogP contribution in [0.1, 0.15) is 0 Å². The molecule has 3 heteroatoms. The molecular weight excluding hydrogens is 167 g/mol. The number of rotatable bonds is 3. The molecule has 0 fully saturated rings. The molecule has 0 saturated carbocycles. The summed E-state index contributed by atoms with van der Waals surface area (Å²) in [7, 11) is 0. The van der Waals surface area contributed by atoms with E-state index in [1.807, 2.05) is 0 Å². The molecule has 0 atom stereocenters. The lowest BCUT2D eigenvalue weighted by Gasteiger charge is -2.03. The lowest BCUT2D eigenvalue weighted by atomic mass is 10.3. The molecule has 0 unspecified atom stereocenters. The number of hydrogen-bond acceptors (Lipinski definition) is 1. The van der Waals surface area contributed by atoms with E-state index < -0.39 is 0 Å².